The normalized spacial score (nSPS) is 23.7. The van der Waals surface area contributed by atoms with Gasteiger partial charge in [-0.1, -0.05) is 6.07 Å². The number of rotatable bonds is 2. The summed E-state index contributed by atoms with van der Waals surface area (Å²) in [5.74, 6) is 0.0932. The molecule has 3 N–H and O–H groups in total. The third-order valence-electron chi connectivity index (χ3n) is 5.99. The summed E-state index contributed by atoms with van der Waals surface area (Å²) in [6, 6.07) is 1.50. The molecule has 10 heteroatoms. The Bertz CT molecular complexity index is 1150. The van der Waals surface area contributed by atoms with Gasteiger partial charge in [0.05, 0.1) is 12.7 Å². The van der Waals surface area contributed by atoms with E-state index in [1.165, 1.54) is 28.9 Å². The summed E-state index contributed by atoms with van der Waals surface area (Å²) in [4.78, 5) is 12.7. The van der Waals surface area contributed by atoms with Gasteiger partial charge < -0.3 is 10.1 Å². The number of halogens is 1. The fraction of sp³-hybridized carbons (Fsp3) is 0.500. The molecule has 0 bridgehead atoms. The average Bonchev–Trinajstić information content (AvgIpc) is 3.38. The van der Waals surface area contributed by atoms with Gasteiger partial charge in [0.25, 0.3) is 0 Å². The summed E-state index contributed by atoms with van der Waals surface area (Å²) in [6.45, 7) is 1.13. The van der Waals surface area contributed by atoms with Crippen molar-refractivity contribution in [2.45, 2.75) is 62.6 Å². The number of benzene rings is 1. The highest BCUT2D eigenvalue weighted by Crippen LogP contribution is 2.39. The monoisotopic (exact) mass is 433 g/mol. The lowest BCUT2D eigenvalue weighted by atomic mass is 9.99. The third kappa shape index (κ3) is 3.27. The van der Waals surface area contributed by atoms with E-state index in [1.807, 2.05) is 0 Å². The smallest absolute Gasteiger partial charge is 0.354 e. The molecule has 5 rings (SSSR count). The molecule has 0 radical (unpaired) electrons. The molecule has 0 spiro atoms. The molecule has 3 aliphatic rings. The van der Waals surface area contributed by atoms with E-state index in [4.69, 9.17) is 9.88 Å². The minimum Gasteiger partial charge on any atom is -0.473 e. The van der Waals surface area contributed by atoms with Crippen LogP contribution in [0.25, 0.3) is 0 Å². The number of ether oxygens (including phenoxy) is 1. The Morgan fingerprint density at radius 1 is 1.30 bits per heavy atom. The number of aryl methyl sites for hydroxylation is 2. The number of urea groups is 1. The number of alkyl halides is 1. The first-order valence-electron chi connectivity index (χ1n) is 10.1. The van der Waals surface area contributed by atoms with E-state index >= 15 is 0 Å². The molecule has 0 saturated heterocycles. The maximum absolute atomic E-state index is 14.2. The summed E-state index contributed by atoms with van der Waals surface area (Å²) in [6.07, 6.45) is 7.16. The van der Waals surface area contributed by atoms with Gasteiger partial charge in [0, 0.05) is 5.69 Å². The molecule has 1 unspecified atom stereocenters. The van der Waals surface area contributed by atoms with Crippen LogP contribution in [0.5, 0.6) is 5.88 Å². The Kier molecular flexibility index (Phi) is 4.41. The number of aromatic nitrogens is 2. The van der Waals surface area contributed by atoms with Crippen molar-refractivity contribution in [2.24, 2.45) is 9.50 Å². The van der Waals surface area contributed by atoms with Crippen LogP contribution in [-0.4, -0.2) is 32.3 Å². The van der Waals surface area contributed by atoms with Crippen LogP contribution < -0.4 is 15.2 Å². The molecule has 2 aromatic rings. The predicted molar refractivity (Wildman–Crippen MR) is 110 cm³/mol. The fourth-order valence-electron chi connectivity index (χ4n) is 4.66. The van der Waals surface area contributed by atoms with Crippen LogP contribution >= 0.6 is 0 Å². The standard InChI is InChI=1S/C20H24FN5O3S/c1-20(21)10-26-18(29-11-20)16(9-23-26)30(22,28)25-19(27)24-17-14-6-2-4-12(14)8-13-5-3-7-15(13)17/h8-9H,2-7,10-11H2,1H3,(H3,22,24,25,27,28)/t20-,30?/m1/s1. The maximum atomic E-state index is 14.2. The van der Waals surface area contributed by atoms with Crippen molar-refractivity contribution >= 4 is 21.6 Å². The van der Waals surface area contributed by atoms with Crippen molar-refractivity contribution < 1.29 is 18.1 Å². The number of anilines is 1. The summed E-state index contributed by atoms with van der Waals surface area (Å²) in [5, 5.41) is 12.8. The van der Waals surface area contributed by atoms with Crippen molar-refractivity contribution in [1.29, 1.82) is 0 Å². The second-order valence-electron chi connectivity index (χ2n) is 8.50. The largest absolute Gasteiger partial charge is 0.473 e. The number of carbonyl (C=O) groups excluding carboxylic acids is 1. The first-order chi connectivity index (χ1) is 14.2. The molecule has 2 amide bonds. The topological polar surface area (TPSA) is 112 Å². The summed E-state index contributed by atoms with van der Waals surface area (Å²) < 4.78 is 37.6. The lowest BCUT2D eigenvalue weighted by molar-refractivity contribution is 0.0411. The zero-order valence-electron chi connectivity index (χ0n) is 16.7. The number of amides is 2. The van der Waals surface area contributed by atoms with Gasteiger partial charge in [-0.05, 0) is 67.7 Å². The molecule has 2 aliphatic carbocycles. The van der Waals surface area contributed by atoms with E-state index in [-0.39, 0.29) is 23.9 Å². The molecule has 1 aromatic carbocycles. The van der Waals surface area contributed by atoms with Crippen molar-refractivity contribution in [3.05, 3.63) is 34.5 Å². The zero-order valence-corrected chi connectivity index (χ0v) is 17.6. The maximum Gasteiger partial charge on any atom is 0.354 e. The minimum absolute atomic E-state index is 0.00308. The van der Waals surface area contributed by atoms with Crippen molar-refractivity contribution in [2.75, 3.05) is 11.9 Å². The van der Waals surface area contributed by atoms with Crippen molar-refractivity contribution in [1.82, 2.24) is 9.78 Å². The van der Waals surface area contributed by atoms with E-state index in [1.54, 1.807) is 0 Å². The van der Waals surface area contributed by atoms with Crippen LogP contribution in [0.15, 0.2) is 21.5 Å². The van der Waals surface area contributed by atoms with Crippen LogP contribution in [0.1, 0.15) is 42.0 Å². The number of nitrogens with two attached hydrogens (primary N) is 1. The molecule has 2 atom stereocenters. The van der Waals surface area contributed by atoms with E-state index in [0.717, 1.165) is 55.3 Å². The van der Waals surface area contributed by atoms with Crippen LogP contribution in [0.3, 0.4) is 0 Å². The van der Waals surface area contributed by atoms with E-state index in [0.29, 0.717) is 0 Å². The van der Waals surface area contributed by atoms with Crippen LogP contribution in [0, 0.1) is 0 Å². The van der Waals surface area contributed by atoms with Crippen molar-refractivity contribution in [3.63, 3.8) is 0 Å². The van der Waals surface area contributed by atoms with Crippen LogP contribution in [0.4, 0.5) is 14.9 Å². The summed E-state index contributed by atoms with van der Waals surface area (Å²) >= 11 is 0. The van der Waals surface area contributed by atoms with E-state index in [2.05, 4.69) is 20.8 Å². The van der Waals surface area contributed by atoms with E-state index < -0.39 is 21.6 Å². The number of nitrogens with one attached hydrogen (secondary N) is 1. The molecule has 1 aliphatic heterocycles. The predicted octanol–water partition coefficient (Wildman–Crippen LogP) is 2.91. The molecule has 2 heterocycles. The van der Waals surface area contributed by atoms with E-state index in [9.17, 15) is 13.4 Å². The van der Waals surface area contributed by atoms with Gasteiger partial charge in [-0.3, -0.25) is 0 Å². The zero-order chi connectivity index (χ0) is 21.1. The van der Waals surface area contributed by atoms with Crippen molar-refractivity contribution in [3.8, 4) is 5.88 Å². The highest BCUT2D eigenvalue weighted by molar-refractivity contribution is 7.91. The number of hydrogen-bond acceptors (Lipinski definition) is 4. The second kappa shape index (κ2) is 6.78. The van der Waals surface area contributed by atoms with Crippen LogP contribution in [0.2, 0.25) is 0 Å². The van der Waals surface area contributed by atoms with Gasteiger partial charge in [-0.15, -0.1) is 4.36 Å². The first kappa shape index (κ1) is 19.5. The number of carbonyl (C=O) groups is 1. The minimum atomic E-state index is -3.61. The van der Waals surface area contributed by atoms with Gasteiger partial charge in [-0.2, -0.15) is 5.10 Å². The molecule has 8 nitrogen and oxygen atoms in total. The Morgan fingerprint density at radius 3 is 2.63 bits per heavy atom. The highest BCUT2D eigenvalue weighted by Gasteiger charge is 2.35. The summed E-state index contributed by atoms with van der Waals surface area (Å²) in [5.41, 5.74) is 4.06. The molecule has 1 aromatic heterocycles. The average molecular weight is 434 g/mol. The molecular formula is C20H24FN5O3S. The van der Waals surface area contributed by atoms with Gasteiger partial charge >= 0.3 is 6.03 Å². The molecule has 0 fully saturated rings. The lowest BCUT2D eigenvalue weighted by Gasteiger charge is -2.27. The number of hydrogen-bond donors (Lipinski definition) is 2. The number of nitrogens with zero attached hydrogens (tertiary/aromatic N) is 3. The Labute approximate surface area is 174 Å². The summed E-state index contributed by atoms with van der Waals surface area (Å²) in [7, 11) is -3.61. The lowest BCUT2D eigenvalue weighted by Crippen LogP contribution is -2.38. The Hall–Kier alpha value is -2.46. The Morgan fingerprint density at radius 2 is 1.97 bits per heavy atom. The van der Waals surface area contributed by atoms with Crippen LogP contribution in [-0.2, 0) is 42.1 Å². The highest BCUT2D eigenvalue weighted by atomic mass is 32.2. The first-order valence-corrected chi connectivity index (χ1v) is 11.7. The molecule has 30 heavy (non-hydrogen) atoms. The molecule has 160 valence electrons. The fourth-order valence-corrected chi connectivity index (χ4v) is 5.66. The van der Waals surface area contributed by atoms with Gasteiger partial charge in [0.2, 0.25) is 5.88 Å². The molecule has 0 saturated carbocycles. The second-order valence-corrected chi connectivity index (χ2v) is 10.3. The van der Waals surface area contributed by atoms with Gasteiger partial charge in [0.15, 0.2) is 15.6 Å². The molecular weight excluding hydrogens is 409 g/mol. The SMILES string of the molecule is C[C@]1(F)COc2c(S(N)(=O)=NC(=O)Nc3c4c(cc5c3CCC5)CCC4)cnn2C1. The number of fused-ring (bicyclic) bond motifs is 3. The van der Waals surface area contributed by atoms with Gasteiger partial charge in [-0.25, -0.2) is 23.2 Å². The van der Waals surface area contributed by atoms with Gasteiger partial charge in [0.1, 0.15) is 11.5 Å². The quantitative estimate of drug-likeness (QED) is 0.758. The Balaban J connectivity index is 1.47. The third-order valence-corrected chi connectivity index (χ3v) is 7.33.